The Kier molecular flexibility index (Phi) is 6.77. The predicted octanol–water partition coefficient (Wildman–Crippen LogP) is 2.85. The monoisotopic (exact) mass is 451 g/mol. The summed E-state index contributed by atoms with van der Waals surface area (Å²) in [6, 6.07) is 13.3. The number of hydrogen-bond acceptors (Lipinski definition) is 5. The van der Waals surface area contributed by atoms with E-state index in [1.807, 2.05) is 24.3 Å². The van der Waals surface area contributed by atoms with Crippen molar-refractivity contribution in [2.45, 2.75) is 13.0 Å². The van der Waals surface area contributed by atoms with E-state index in [1.54, 1.807) is 43.2 Å². The Hall–Kier alpha value is -2.45. The number of benzene rings is 2. The Morgan fingerprint density at radius 2 is 1.67 bits per heavy atom. The molecule has 0 aromatic heterocycles. The molecule has 0 spiro atoms. The second-order valence-corrected chi connectivity index (χ2v) is 9.49. The molecule has 162 valence electrons. The van der Waals surface area contributed by atoms with Gasteiger partial charge in [-0.2, -0.15) is 0 Å². The third kappa shape index (κ3) is 4.82. The number of amides is 1. The number of nitrogens with zero attached hydrogens (tertiary/aromatic N) is 3. The molecule has 1 saturated heterocycles. The highest BCUT2D eigenvalue weighted by molar-refractivity contribution is 7.92. The molecule has 2 aromatic rings. The Bertz CT molecular complexity index is 990. The third-order valence-corrected chi connectivity index (χ3v) is 6.66. The number of para-hydroxylation sites is 2. The van der Waals surface area contributed by atoms with Crippen LogP contribution >= 0.6 is 11.6 Å². The number of piperazine rings is 1. The van der Waals surface area contributed by atoms with Crippen molar-refractivity contribution in [1.82, 2.24) is 4.90 Å². The van der Waals surface area contributed by atoms with Gasteiger partial charge in [-0.25, -0.2) is 8.42 Å². The van der Waals surface area contributed by atoms with Crippen LogP contribution in [0.15, 0.2) is 48.5 Å². The number of carbonyl (C=O) groups excluding carboxylic acids is 1. The molecule has 1 atom stereocenters. The van der Waals surface area contributed by atoms with Crippen LogP contribution in [-0.4, -0.2) is 64.8 Å². The normalized spacial score (nSPS) is 15.6. The summed E-state index contributed by atoms with van der Waals surface area (Å²) >= 11 is 5.92. The van der Waals surface area contributed by atoms with Crippen molar-refractivity contribution in [2.24, 2.45) is 0 Å². The van der Waals surface area contributed by atoms with Gasteiger partial charge in [-0.05, 0) is 43.3 Å². The van der Waals surface area contributed by atoms with Gasteiger partial charge in [-0.15, -0.1) is 0 Å². The molecule has 7 nitrogen and oxygen atoms in total. The summed E-state index contributed by atoms with van der Waals surface area (Å²) in [5, 5.41) is 0.499. The van der Waals surface area contributed by atoms with E-state index in [2.05, 4.69) is 4.90 Å². The molecular formula is C21H26ClN3O4S. The molecule has 2 aromatic carbocycles. The lowest BCUT2D eigenvalue weighted by atomic mass is 10.2. The molecule has 0 N–H and O–H groups in total. The lowest BCUT2D eigenvalue weighted by Crippen LogP contribution is -2.55. The van der Waals surface area contributed by atoms with Crippen molar-refractivity contribution >= 4 is 38.9 Å². The smallest absolute Gasteiger partial charge is 0.246 e. The number of sulfonamides is 1. The average molecular weight is 452 g/mol. The van der Waals surface area contributed by atoms with Crippen molar-refractivity contribution in [3.63, 3.8) is 0 Å². The zero-order valence-electron chi connectivity index (χ0n) is 17.3. The van der Waals surface area contributed by atoms with Gasteiger partial charge in [-0.1, -0.05) is 23.7 Å². The van der Waals surface area contributed by atoms with E-state index in [1.165, 1.54) is 0 Å². The highest BCUT2D eigenvalue weighted by Crippen LogP contribution is 2.29. The first-order valence-electron chi connectivity index (χ1n) is 9.64. The van der Waals surface area contributed by atoms with Crippen LogP contribution in [0.4, 0.5) is 11.4 Å². The molecule has 0 saturated carbocycles. The van der Waals surface area contributed by atoms with E-state index in [-0.39, 0.29) is 5.91 Å². The number of rotatable bonds is 6. The Labute approximate surface area is 182 Å². The first-order valence-corrected chi connectivity index (χ1v) is 11.9. The quantitative estimate of drug-likeness (QED) is 0.675. The van der Waals surface area contributed by atoms with Gasteiger partial charge < -0.3 is 14.5 Å². The molecule has 3 rings (SSSR count). The summed E-state index contributed by atoms with van der Waals surface area (Å²) < 4.78 is 31.5. The summed E-state index contributed by atoms with van der Waals surface area (Å²) in [7, 11) is -2.02. The first kappa shape index (κ1) is 22.2. The maximum Gasteiger partial charge on any atom is 0.246 e. The first-order chi connectivity index (χ1) is 14.2. The summed E-state index contributed by atoms with van der Waals surface area (Å²) in [5.41, 5.74) is 1.40. The van der Waals surface area contributed by atoms with Crippen LogP contribution < -0.4 is 13.9 Å². The van der Waals surface area contributed by atoms with E-state index in [4.69, 9.17) is 16.3 Å². The summed E-state index contributed by atoms with van der Waals surface area (Å²) in [6.07, 6.45) is 1.10. The average Bonchev–Trinajstić information content (AvgIpc) is 2.74. The molecule has 1 fully saturated rings. The van der Waals surface area contributed by atoms with Crippen LogP contribution in [0.25, 0.3) is 0 Å². The molecule has 0 radical (unpaired) electrons. The van der Waals surface area contributed by atoms with Crippen LogP contribution in [0.2, 0.25) is 5.02 Å². The van der Waals surface area contributed by atoms with E-state index in [0.29, 0.717) is 36.9 Å². The second kappa shape index (κ2) is 9.14. The van der Waals surface area contributed by atoms with Crippen LogP contribution in [0.3, 0.4) is 0 Å². The third-order valence-electron chi connectivity index (χ3n) is 5.16. The van der Waals surface area contributed by atoms with Gasteiger partial charge in [-0.3, -0.25) is 9.10 Å². The summed E-state index contributed by atoms with van der Waals surface area (Å²) in [6.45, 7) is 3.89. The van der Waals surface area contributed by atoms with Crippen molar-refractivity contribution < 1.29 is 17.9 Å². The molecule has 1 aliphatic heterocycles. The SMILES string of the molecule is COc1ccccc1N1CCN(C(=O)[C@H](C)N(c2ccc(Cl)cc2)S(C)(=O)=O)CC1. The zero-order chi connectivity index (χ0) is 21.9. The number of hydrogen-bond donors (Lipinski definition) is 0. The van der Waals surface area contributed by atoms with Gasteiger partial charge in [0.05, 0.1) is 24.7 Å². The molecule has 9 heteroatoms. The number of halogens is 1. The van der Waals surface area contributed by atoms with Crippen LogP contribution in [0, 0.1) is 0 Å². The molecule has 1 amide bonds. The van der Waals surface area contributed by atoms with Crippen LogP contribution in [-0.2, 0) is 14.8 Å². The van der Waals surface area contributed by atoms with E-state index < -0.39 is 16.1 Å². The van der Waals surface area contributed by atoms with E-state index in [0.717, 1.165) is 22.0 Å². The minimum absolute atomic E-state index is 0.227. The lowest BCUT2D eigenvalue weighted by Gasteiger charge is -2.39. The van der Waals surface area contributed by atoms with E-state index >= 15 is 0 Å². The number of methoxy groups -OCH3 is 1. The molecule has 1 aliphatic rings. The minimum Gasteiger partial charge on any atom is -0.495 e. The zero-order valence-corrected chi connectivity index (χ0v) is 18.9. The number of carbonyl (C=O) groups is 1. The van der Waals surface area contributed by atoms with Crippen LogP contribution in [0.1, 0.15) is 6.92 Å². The fraction of sp³-hybridized carbons (Fsp3) is 0.381. The summed E-state index contributed by atoms with van der Waals surface area (Å²) in [5.74, 6) is 0.562. The van der Waals surface area contributed by atoms with Gasteiger partial charge >= 0.3 is 0 Å². The Morgan fingerprint density at radius 3 is 2.23 bits per heavy atom. The van der Waals surface area contributed by atoms with Gasteiger partial charge in [0.25, 0.3) is 0 Å². The topological polar surface area (TPSA) is 70.2 Å². The largest absolute Gasteiger partial charge is 0.495 e. The van der Waals surface area contributed by atoms with Gasteiger partial charge in [0.15, 0.2) is 0 Å². The Balaban J connectivity index is 1.73. The van der Waals surface area contributed by atoms with Crippen molar-refractivity contribution in [3.05, 3.63) is 53.6 Å². The highest BCUT2D eigenvalue weighted by Gasteiger charge is 2.33. The Morgan fingerprint density at radius 1 is 1.07 bits per heavy atom. The van der Waals surface area contributed by atoms with Gasteiger partial charge in [0.2, 0.25) is 15.9 Å². The molecule has 0 unspecified atom stereocenters. The number of ether oxygens (including phenoxy) is 1. The maximum atomic E-state index is 13.1. The van der Waals surface area contributed by atoms with Crippen molar-refractivity contribution in [1.29, 1.82) is 0 Å². The summed E-state index contributed by atoms with van der Waals surface area (Å²) in [4.78, 5) is 17.0. The minimum atomic E-state index is -3.66. The van der Waals surface area contributed by atoms with Crippen molar-refractivity contribution in [3.8, 4) is 5.75 Å². The molecule has 0 bridgehead atoms. The molecular weight excluding hydrogens is 426 g/mol. The molecule has 30 heavy (non-hydrogen) atoms. The van der Waals surface area contributed by atoms with E-state index in [9.17, 15) is 13.2 Å². The maximum absolute atomic E-state index is 13.1. The predicted molar refractivity (Wildman–Crippen MR) is 120 cm³/mol. The standard InChI is InChI=1S/C21H26ClN3O4S/c1-16(25(30(3,27)28)18-10-8-17(22)9-11-18)21(26)24-14-12-23(13-15-24)19-6-4-5-7-20(19)29-2/h4-11,16H,12-15H2,1-3H3/t16-/m0/s1. The fourth-order valence-electron chi connectivity index (χ4n) is 3.71. The molecule has 0 aliphatic carbocycles. The lowest BCUT2D eigenvalue weighted by molar-refractivity contribution is -0.132. The highest BCUT2D eigenvalue weighted by atomic mass is 35.5. The second-order valence-electron chi connectivity index (χ2n) is 7.20. The fourth-order valence-corrected chi connectivity index (χ4v) is 5.01. The van der Waals surface area contributed by atoms with Crippen LogP contribution in [0.5, 0.6) is 5.75 Å². The van der Waals surface area contributed by atoms with Gasteiger partial charge in [0.1, 0.15) is 11.8 Å². The molecule has 1 heterocycles. The van der Waals surface area contributed by atoms with Crippen molar-refractivity contribution in [2.75, 3.05) is 48.7 Å². The van der Waals surface area contributed by atoms with Gasteiger partial charge in [0, 0.05) is 31.2 Å². The number of anilines is 2.